The van der Waals surface area contributed by atoms with Gasteiger partial charge in [0.2, 0.25) is 11.8 Å². The van der Waals surface area contributed by atoms with Crippen LogP contribution >= 0.6 is 0 Å². The summed E-state index contributed by atoms with van der Waals surface area (Å²) in [6, 6.07) is 17.8. The third-order valence-electron chi connectivity index (χ3n) is 6.31. The standard InChI is InChI=1S/C28H29N5O2/c1-3-4-11-24(31-26(34)15-19-16-29-23-13-8-6-10-20(19)23)27-30-17-25(32-27)21-14-18-9-5-7-12-22(18)33-28(21)35-2/h5-10,12-14,16-17,24,29H,3-4,11,15H2,1-2H3,(H,30,32)(H,31,34)/t24-/m0/s1. The molecule has 35 heavy (non-hydrogen) atoms. The van der Waals surface area contributed by atoms with Crippen molar-refractivity contribution in [3.8, 4) is 17.1 Å². The third kappa shape index (κ3) is 4.75. The van der Waals surface area contributed by atoms with Gasteiger partial charge in [0.15, 0.2) is 0 Å². The van der Waals surface area contributed by atoms with Crippen LogP contribution in [0.5, 0.6) is 5.88 Å². The van der Waals surface area contributed by atoms with Crippen molar-refractivity contribution in [3.05, 3.63) is 78.4 Å². The molecule has 0 aliphatic heterocycles. The Hall–Kier alpha value is -4.13. The maximum Gasteiger partial charge on any atom is 0.225 e. The van der Waals surface area contributed by atoms with Gasteiger partial charge in [-0.15, -0.1) is 0 Å². The van der Waals surface area contributed by atoms with Crippen molar-refractivity contribution in [2.24, 2.45) is 0 Å². The van der Waals surface area contributed by atoms with E-state index in [1.54, 1.807) is 13.3 Å². The number of nitrogens with zero attached hydrogens (tertiary/aromatic N) is 2. The molecule has 3 heterocycles. The summed E-state index contributed by atoms with van der Waals surface area (Å²) in [7, 11) is 1.62. The summed E-state index contributed by atoms with van der Waals surface area (Å²) in [5.74, 6) is 1.24. The van der Waals surface area contributed by atoms with E-state index >= 15 is 0 Å². The highest BCUT2D eigenvalue weighted by molar-refractivity contribution is 5.89. The molecule has 0 unspecified atom stereocenters. The van der Waals surface area contributed by atoms with Gasteiger partial charge in [-0.2, -0.15) is 0 Å². The average Bonchev–Trinajstić information content (AvgIpc) is 3.53. The molecular formula is C28H29N5O2. The monoisotopic (exact) mass is 467 g/mol. The molecule has 3 aromatic heterocycles. The first-order valence-electron chi connectivity index (χ1n) is 12.0. The molecule has 0 saturated carbocycles. The predicted molar refractivity (Wildman–Crippen MR) is 138 cm³/mol. The first-order valence-corrected chi connectivity index (χ1v) is 12.0. The minimum Gasteiger partial charge on any atom is -0.480 e. The van der Waals surface area contributed by atoms with Crippen LogP contribution in [-0.4, -0.2) is 33.0 Å². The summed E-state index contributed by atoms with van der Waals surface area (Å²) in [5.41, 5.74) is 4.54. The van der Waals surface area contributed by atoms with E-state index in [1.165, 1.54) is 0 Å². The SMILES string of the molecule is CCCC[C@H](NC(=O)Cc1c[nH]c2ccccc12)c1ncc(-c2cc3ccccc3nc2OC)[nH]1. The Morgan fingerprint density at radius 2 is 1.97 bits per heavy atom. The molecule has 178 valence electrons. The molecule has 1 amide bonds. The number of unbranched alkanes of at least 4 members (excludes halogenated alkanes) is 1. The lowest BCUT2D eigenvalue weighted by Crippen LogP contribution is -2.30. The second-order valence-electron chi connectivity index (χ2n) is 8.72. The largest absolute Gasteiger partial charge is 0.480 e. The van der Waals surface area contributed by atoms with Crippen LogP contribution < -0.4 is 10.1 Å². The van der Waals surface area contributed by atoms with Crippen molar-refractivity contribution in [1.82, 2.24) is 25.3 Å². The quantitative estimate of drug-likeness (QED) is 0.259. The van der Waals surface area contributed by atoms with E-state index in [-0.39, 0.29) is 11.9 Å². The highest BCUT2D eigenvalue weighted by Gasteiger charge is 2.20. The van der Waals surface area contributed by atoms with Gasteiger partial charge in [-0.3, -0.25) is 4.79 Å². The average molecular weight is 468 g/mol. The second-order valence-corrected chi connectivity index (χ2v) is 8.72. The van der Waals surface area contributed by atoms with E-state index in [2.05, 4.69) is 38.2 Å². The Balaban J connectivity index is 1.39. The molecule has 5 rings (SSSR count). The molecule has 0 bridgehead atoms. The molecule has 0 aliphatic carbocycles. The highest BCUT2D eigenvalue weighted by Crippen LogP contribution is 2.31. The van der Waals surface area contributed by atoms with Crippen molar-refractivity contribution in [3.63, 3.8) is 0 Å². The molecule has 3 N–H and O–H groups in total. The van der Waals surface area contributed by atoms with Crippen LogP contribution in [-0.2, 0) is 11.2 Å². The zero-order valence-corrected chi connectivity index (χ0v) is 20.0. The second kappa shape index (κ2) is 10.0. The normalized spacial score (nSPS) is 12.2. The van der Waals surface area contributed by atoms with E-state index in [0.717, 1.165) is 63.7 Å². The topological polar surface area (TPSA) is 95.7 Å². The fraction of sp³-hybridized carbons (Fsp3) is 0.250. The number of pyridine rings is 1. The van der Waals surface area contributed by atoms with Crippen molar-refractivity contribution >= 4 is 27.7 Å². The number of nitrogens with one attached hydrogen (secondary N) is 3. The summed E-state index contributed by atoms with van der Waals surface area (Å²) in [4.78, 5) is 29.0. The first kappa shape index (κ1) is 22.7. The van der Waals surface area contributed by atoms with Gasteiger partial charge in [0.05, 0.1) is 42.5 Å². The van der Waals surface area contributed by atoms with Crippen molar-refractivity contribution in [2.75, 3.05) is 7.11 Å². The van der Waals surface area contributed by atoms with Gasteiger partial charge in [0, 0.05) is 22.5 Å². The summed E-state index contributed by atoms with van der Waals surface area (Å²) < 4.78 is 5.57. The van der Waals surface area contributed by atoms with E-state index in [1.807, 2.05) is 54.7 Å². The van der Waals surface area contributed by atoms with Crippen LogP contribution in [0.3, 0.4) is 0 Å². The van der Waals surface area contributed by atoms with Crippen LogP contribution in [0.4, 0.5) is 0 Å². The number of H-pyrrole nitrogens is 2. The number of amides is 1. The molecule has 7 nitrogen and oxygen atoms in total. The van der Waals surface area contributed by atoms with Crippen LogP contribution in [0.1, 0.15) is 43.6 Å². The fourth-order valence-electron chi connectivity index (χ4n) is 4.48. The van der Waals surface area contributed by atoms with E-state index < -0.39 is 0 Å². The molecule has 0 radical (unpaired) electrons. The molecule has 1 atom stereocenters. The van der Waals surface area contributed by atoms with Crippen LogP contribution in [0.2, 0.25) is 0 Å². The van der Waals surface area contributed by atoms with Crippen molar-refractivity contribution in [1.29, 1.82) is 0 Å². The summed E-state index contributed by atoms with van der Waals surface area (Å²) in [6.07, 6.45) is 6.82. The number of carbonyl (C=O) groups excluding carboxylic acids is 1. The van der Waals surface area contributed by atoms with E-state index in [0.29, 0.717) is 12.3 Å². The first-order chi connectivity index (χ1) is 17.2. The number of benzene rings is 2. The van der Waals surface area contributed by atoms with Crippen LogP contribution in [0.25, 0.3) is 33.1 Å². The fourth-order valence-corrected chi connectivity index (χ4v) is 4.48. The zero-order valence-electron chi connectivity index (χ0n) is 20.0. The molecule has 0 saturated heterocycles. The summed E-state index contributed by atoms with van der Waals surface area (Å²) >= 11 is 0. The van der Waals surface area contributed by atoms with Crippen molar-refractivity contribution in [2.45, 2.75) is 38.6 Å². The smallest absolute Gasteiger partial charge is 0.225 e. The number of imidazole rings is 1. The number of rotatable bonds is 9. The number of aromatic amines is 2. The summed E-state index contributed by atoms with van der Waals surface area (Å²) in [5, 5.41) is 5.30. The Bertz CT molecular complexity index is 1470. The number of ether oxygens (including phenoxy) is 1. The van der Waals surface area contributed by atoms with Gasteiger partial charge in [0.25, 0.3) is 0 Å². The minimum absolute atomic E-state index is 0.0289. The number of hydrogen-bond acceptors (Lipinski definition) is 4. The Kier molecular flexibility index (Phi) is 6.48. The lowest BCUT2D eigenvalue weighted by Gasteiger charge is -2.16. The molecule has 0 spiro atoms. The number of fused-ring (bicyclic) bond motifs is 2. The Morgan fingerprint density at radius 1 is 1.14 bits per heavy atom. The lowest BCUT2D eigenvalue weighted by molar-refractivity contribution is -0.121. The molecule has 2 aromatic carbocycles. The molecule has 5 aromatic rings. The molecular weight excluding hydrogens is 438 g/mol. The number of carbonyl (C=O) groups is 1. The number of aromatic nitrogens is 4. The minimum atomic E-state index is -0.208. The van der Waals surface area contributed by atoms with Gasteiger partial charge in [0.1, 0.15) is 5.82 Å². The molecule has 0 fully saturated rings. The molecule has 7 heteroatoms. The maximum atomic E-state index is 13.0. The van der Waals surface area contributed by atoms with E-state index in [4.69, 9.17) is 4.74 Å². The van der Waals surface area contributed by atoms with Gasteiger partial charge >= 0.3 is 0 Å². The van der Waals surface area contributed by atoms with Crippen LogP contribution in [0.15, 0.2) is 67.0 Å². The highest BCUT2D eigenvalue weighted by atomic mass is 16.5. The Labute approximate surface area is 204 Å². The maximum absolute atomic E-state index is 13.0. The van der Waals surface area contributed by atoms with E-state index in [9.17, 15) is 4.79 Å². The molecule has 0 aliphatic rings. The third-order valence-corrected chi connectivity index (χ3v) is 6.31. The lowest BCUT2D eigenvalue weighted by atomic mass is 10.1. The van der Waals surface area contributed by atoms with Gasteiger partial charge in [-0.05, 0) is 30.2 Å². The number of hydrogen-bond donors (Lipinski definition) is 3. The number of methoxy groups -OCH3 is 1. The van der Waals surface area contributed by atoms with Crippen LogP contribution in [0, 0.1) is 0 Å². The van der Waals surface area contributed by atoms with Crippen molar-refractivity contribution < 1.29 is 9.53 Å². The Morgan fingerprint density at radius 3 is 2.83 bits per heavy atom. The zero-order chi connectivity index (χ0) is 24.2. The number of para-hydroxylation sites is 2. The summed E-state index contributed by atoms with van der Waals surface area (Å²) in [6.45, 7) is 2.14. The van der Waals surface area contributed by atoms with Gasteiger partial charge in [-0.25, -0.2) is 9.97 Å². The van der Waals surface area contributed by atoms with Gasteiger partial charge in [-0.1, -0.05) is 56.2 Å². The van der Waals surface area contributed by atoms with Gasteiger partial charge < -0.3 is 20.0 Å². The predicted octanol–water partition coefficient (Wildman–Crippen LogP) is 5.71.